The lowest BCUT2D eigenvalue weighted by Crippen LogP contribution is -2.22. The topological polar surface area (TPSA) is 29.9 Å². The molecule has 0 radical (unpaired) electrons. The van der Waals surface area contributed by atoms with E-state index in [1.165, 1.54) is 30.2 Å². The van der Waals surface area contributed by atoms with Gasteiger partial charge in [-0.15, -0.1) is 0 Å². The lowest BCUT2D eigenvalue weighted by atomic mass is 10.1. The van der Waals surface area contributed by atoms with E-state index in [0.29, 0.717) is 12.0 Å². The zero-order chi connectivity index (χ0) is 14.1. The van der Waals surface area contributed by atoms with Crippen molar-refractivity contribution in [2.45, 2.75) is 45.2 Å². The van der Waals surface area contributed by atoms with Crippen LogP contribution >= 0.6 is 0 Å². The molecule has 1 heterocycles. The number of hydrogen-bond acceptors (Lipinski definition) is 2. The number of nitrogens with one attached hydrogen (secondary N) is 1. The molecule has 1 aromatic heterocycles. The maximum atomic E-state index is 13.4. The van der Waals surface area contributed by atoms with Gasteiger partial charge in [0.2, 0.25) is 0 Å². The molecular weight excluding hydrogens is 253 g/mol. The van der Waals surface area contributed by atoms with Crippen LogP contribution in [0, 0.1) is 5.82 Å². The van der Waals surface area contributed by atoms with E-state index in [-0.39, 0.29) is 5.82 Å². The summed E-state index contributed by atoms with van der Waals surface area (Å²) in [4.78, 5) is 0. The molecular formula is C16H20FN3. The van der Waals surface area contributed by atoms with E-state index in [1.807, 2.05) is 16.9 Å². The van der Waals surface area contributed by atoms with Crippen molar-refractivity contribution >= 4 is 0 Å². The van der Waals surface area contributed by atoms with E-state index in [1.54, 1.807) is 12.1 Å². The average molecular weight is 273 g/mol. The molecule has 106 valence electrons. The van der Waals surface area contributed by atoms with Gasteiger partial charge in [-0.2, -0.15) is 5.10 Å². The molecule has 0 atom stereocenters. The highest BCUT2D eigenvalue weighted by atomic mass is 19.1. The van der Waals surface area contributed by atoms with Crippen LogP contribution < -0.4 is 5.32 Å². The Morgan fingerprint density at radius 3 is 2.85 bits per heavy atom. The van der Waals surface area contributed by atoms with Gasteiger partial charge in [0.1, 0.15) is 5.82 Å². The van der Waals surface area contributed by atoms with Crippen LogP contribution in [-0.2, 0) is 6.54 Å². The second kappa shape index (κ2) is 5.37. The molecule has 1 fully saturated rings. The normalized spacial score (nSPS) is 15.0. The molecule has 0 amide bonds. The van der Waals surface area contributed by atoms with Crippen LogP contribution in [0.5, 0.6) is 0 Å². The Bertz CT molecular complexity index is 600. The zero-order valence-electron chi connectivity index (χ0n) is 11.9. The van der Waals surface area contributed by atoms with Crippen LogP contribution in [0.15, 0.2) is 30.5 Å². The van der Waals surface area contributed by atoms with Gasteiger partial charge >= 0.3 is 0 Å². The van der Waals surface area contributed by atoms with E-state index in [9.17, 15) is 4.39 Å². The number of aromatic nitrogens is 2. The quantitative estimate of drug-likeness (QED) is 0.905. The summed E-state index contributed by atoms with van der Waals surface area (Å²) in [7, 11) is 0. The molecule has 1 aromatic carbocycles. The molecule has 1 aliphatic rings. The van der Waals surface area contributed by atoms with Crippen molar-refractivity contribution in [3.05, 3.63) is 47.5 Å². The lowest BCUT2D eigenvalue weighted by Gasteiger charge is -2.11. The van der Waals surface area contributed by atoms with Crippen LogP contribution in [0.2, 0.25) is 0 Å². The number of halogens is 1. The summed E-state index contributed by atoms with van der Waals surface area (Å²) in [6, 6.07) is 7.08. The highest BCUT2D eigenvalue weighted by Crippen LogP contribution is 2.42. The first-order valence-corrected chi connectivity index (χ1v) is 7.21. The van der Waals surface area contributed by atoms with E-state index in [2.05, 4.69) is 24.3 Å². The SMILES string of the molecule is CC(C)NCc1cnn(-c2cccc(F)c2)c1C1CC1. The third kappa shape index (κ3) is 2.75. The predicted molar refractivity (Wildman–Crippen MR) is 77.5 cm³/mol. The van der Waals surface area contributed by atoms with Crippen LogP contribution in [0.3, 0.4) is 0 Å². The smallest absolute Gasteiger partial charge is 0.125 e. The summed E-state index contributed by atoms with van der Waals surface area (Å²) < 4.78 is 15.3. The zero-order valence-corrected chi connectivity index (χ0v) is 11.9. The summed E-state index contributed by atoms with van der Waals surface area (Å²) in [5.74, 6) is 0.353. The summed E-state index contributed by atoms with van der Waals surface area (Å²) in [5.41, 5.74) is 3.27. The van der Waals surface area contributed by atoms with Crippen LogP contribution in [-0.4, -0.2) is 15.8 Å². The third-order valence-corrected chi connectivity index (χ3v) is 3.60. The lowest BCUT2D eigenvalue weighted by molar-refractivity contribution is 0.585. The molecule has 1 N–H and O–H groups in total. The number of rotatable bonds is 5. The molecule has 0 unspecified atom stereocenters. The molecule has 20 heavy (non-hydrogen) atoms. The maximum Gasteiger partial charge on any atom is 0.125 e. The minimum absolute atomic E-state index is 0.221. The third-order valence-electron chi connectivity index (χ3n) is 3.60. The highest BCUT2D eigenvalue weighted by molar-refractivity contribution is 5.38. The molecule has 3 rings (SSSR count). The number of nitrogens with zero attached hydrogens (tertiary/aromatic N) is 2. The molecule has 0 saturated heterocycles. The fraction of sp³-hybridized carbons (Fsp3) is 0.438. The van der Waals surface area contributed by atoms with E-state index < -0.39 is 0 Å². The fourth-order valence-electron chi connectivity index (χ4n) is 2.45. The van der Waals surface area contributed by atoms with Gasteiger partial charge in [0, 0.05) is 24.1 Å². The molecule has 4 heteroatoms. The molecule has 1 saturated carbocycles. The maximum absolute atomic E-state index is 13.4. The molecule has 3 nitrogen and oxygen atoms in total. The largest absolute Gasteiger partial charge is 0.310 e. The summed E-state index contributed by atoms with van der Waals surface area (Å²) in [6.07, 6.45) is 4.32. The van der Waals surface area contributed by atoms with Crippen molar-refractivity contribution in [2.24, 2.45) is 0 Å². The van der Waals surface area contributed by atoms with Crippen molar-refractivity contribution < 1.29 is 4.39 Å². The van der Waals surface area contributed by atoms with Gasteiger partial charge in [-0.05, 0) is 31.0 Å². The van der Waals surface area contributed by atoms with Gasteiger partial charge in [-0.3, -0.25) is 0 Å². The summed E-state index contributed by atoms with van der Waals surface area (Å²) in [5, 5.41) is 7.91. The van der Waals surface area contributed by atoms with Crippen molar-refractivity contribution in [3.63, 3.8) is 0 Å². The second-order valence-corrected chi connectivity index (χ2v) is 5.76. The van der Waals surface area contributed by atoms with Gasteiger partial charge in [-0.1, -0.05) is 19.9 Å². The van der Waals surface area contributed by atoms with E-state index in [4.69, 9.17) is 0 Å². The van der Waals surface area contributed by atoms with Crippen LogP contribution in [0.1, 0.15) is 43.9 Å². The summed E-state index contributed by atoms with van der Waals surface area (Å²) >= 11 is 0. The second-order valence-electron chi connectivity index (χ2n) is 5.76. The van der Waals surface area contributed by atoms with Crippen molar-refractivity contribution in [2.75, 3.05) is 0 Å². The molecule has 0 spiro atoms. The Balaban J connectivity index is 1.95. The Morgan fingerprint density at radius 1 is 1.40 bits per heavy atom. The highest BCUT2D eigenvalue weighted by Gasteiger charge is 2.30. The first kappa shape index (κ1) is 13.3. The minimum atomic E-state index is -0.221. The van der Waals surface area contributed by atoms with Gasteiger partial charge in [0.05, 0.1) is 17.6 Å². The summed E-state index contributed by atoms with van der Waals surface area (Å²) in [6.45, 7) is 5.08. The van der Waals surface area contributed by atoms with Crippen LogP contribution in [0.4, 0.5) is 4.39 Å². The van der Waals surface area contributed by atoms with E-state index >= 15 is 0 Å². The Labute approximate surface area is 118 Å². The van der Waals surface area contributed by atoms with Crippen molar-refractivity contribution in [3.8, 4) is 5.69 Å². The van der Waals surface area contributed by atoms with Crippen molar-refractivity contribution in [1.82, 2.24) is 15.1 Å². The Kier molecular flexibility index (Phi) is 3.57. The van der Waals surface area contributed by atoms with Gasteiger partial charge in [-0.25, -0.2) is 9.07 Å². The monoisotopic (exact) mass is 273 g/mol. The minimum Gasteiger partial charge on any atom is -0.310 e. The number of benzene rings is 1. The standard InChI is InChI=1S/C16H20FN3/c1-11(2)18-9-13-10-19-20(16(13)12-6-7-12)15-5-3-4-14(17)8-15/h3-5,8,10-12,18H,6-7,9H2,1-2H3. The molecule has 1 aliphatic carbocycles. The Hall–Kier alpha value is -1.68. The van der Waals surface area contributed by atoms with Crippen molar-refractivity contribution in [1.29, 1.82) is 0 Å². The predicted octanol–water partition coefficient (Wildman–Crippen LogP) is 3.39. The fourth-order valence-corrected chi connectivity index (χ4v) is 2.45. The van der Waals surface area contributed by atoms with Gasteiger partial charge in [0.15, 0.2) is 0 Å². The molecule has 0 bridgehead atoms. The number of hydrogen-bond donors (Lipinski definition) is 1. The van der Waals surface area contributed by atoms with E-state index in [0.717, 1.165) is 12.2 Å². The molecule has 0 aliphatic heterocycles. The Morgan fingerprint density at radius 2 is 2.20 bits per heavy atom. The molecule has 2 aromatic rings. The average Bonchev–Trinajstić information content (AvgIpc) is 3.16. The first-order chi connectivity index (χ1) is 9.65. The van der Waals surface area contributed by atoms with Crippen LogP contribution in [0.25, 0.3) is 5.69 Å². The van der Waals surface area contributed by atoms with Gasteiger partial charge in [0.25, 0.3) is 0 Å². The first-order valence-electron chi connectivity index (χ1n) is 7.21. The van der Waals surface area contributed by atoms with Gasteiger partial charge < -0.3 is 5.32 Å².